The first-order chi connectivity index (χ1) is 7.20. The van der Waals surface area contributed by atoms with Crippen LogP contribution in [0.5, 0.6) is 5.75 Å². The maximum atomic E-state index is 11.0. The second-order valence-electron chi connectivity index (χ2n) is 3.55. The number of amides is 1. The summed E-state index contributed by atoms with van der Waals surface area (Å²) in [6.07, 6.45) is 4.53. The van der Waals surface area contributed by atoms with Gasteiger partial charge in [0, 0.05) is 10.5 Å². The summed E-state index contributed by atoms with van der Waals surface area (Å²) in [5.74, 6) is 0.365. The summed E-state index contributed by atoms with van der Waals surface area (Å²) >= 11 is 1.61. The number of thioether (sulfide) groups is 1. The van der Waals surface area contributed by atoms with Crippen LogP contribution in [0.3, 0.4) is 0 Å². The van der Waals surface area contributed by atoms with Crippen LogP contribution >= 0.6 is 11.8 Å². The molecule has 0 saturated heterocycles. The molecule has 15 heavy (non-hydrogen) atoms. The summed E-state index contributed by atoms with van der Waals surface area (Å²) in [5, 5.41) is 0. The summed E-state index contributed by atoms with van der Waals surface area (Å²) < 4.78 is 5.71. The van der Waals surface area contributed by atoms with E-state index in [0.717, 1.165) is 23.5 Å². The van der Waals surface area contributed by atoms with Crippen LogP contribution in [0.1, 0.15) is 23.2 Å². The number of primary amides is 1. The highest BCUT2D eigenvalue weighted by molar-refractivity contribution is 7.98. The molecular formula is C11H13NO2S. The molecule has 2 N–H and O–H groups in total. The van der Waals surface area contributed by atoms with Crippen molar-refractivity contribution in [3.05, 3.63) is 23.8 Å². The number of hydrogen-bond acceptors (Lipinski definition) is 3. The maximum Gasteiger partial charge on any atom is 0.248 e. The molecule has 0 aromatic heterocycles. The van der Waals surface area contributed by atoms with E-state index < -0.39 is 5.91 Å². The topological polar surface area (TPSA) is 52.3 Å². The molecule has 0 radical (unpaired) electrons. The highest BCUT2D eigenvalue weighted by atomic mass is 32.2. The van der Waals surface area contributed by atoms with Crippen molar-refractivity contribution in [3.63, 3.8) is 0 Å². The third-order valence-corrected chi connectivity index (χ3v) is 3.04. The Kier molecular flexibility index (Phi) is 2.86. The monoisotopic (exact) mass is 223 g/mol. The lowest BCUT2D eigenvalue weighted by molar-refractivity contribution is 0.0999. The zero-order valence-corrected chi connectivity index (χ0v) is 9.34. The van der Waals surface area contributed by atoms with Crippen molar-refractivity contribution >= 4 is 17.7 Å². The molecule has 0 bridgehead atoms. The van der Waals surface area contributed by atoms with Gasteiger partial charge in [-0.15, -0.1) is 11.8 Å². The van der Waals surface area contributed by atoms with Crippen LogP contribution in [-0.2, 0) is 0 Å². The number of ether oxygens (including phenoxy) is 1. The average Bonchev–Trinajstić information content (AvgIpc) is 3.01. The van der Waals surface area contributed by atoms with Gasteiger partial charge in [-0.05, 0) is 37.3 Å². The number of benzene rings is 1. The molecule has 1 aliphatic rings. The maximum absolute atomic E-state index is 11.0. The van der Waals surface area contributed by atoms with E-state index in [1.54, 1.807) is 23.9 Å². The van der Waals surface area contributed by atoms with Gasteiger partial charge in [-0.3, -0.25) is 4.79 Å². The van der Waals surface area contributed by atoms with E-state index in [4.69, 9.17) is 10.5 Å². The van der Waals surface area contributed by atoms with Gasteiger partial charge in [-0.1, -0.05) is 0 Å². The predicted molar refractivity (Wildman–Crippen MR) is 60.4 cm³/mol. The molecule has 2 rings (SSSR count). The Morgan fingerprint density at radius 2 is 2.27 bits per heavy atom. The summed E-state index contributed by atoms with van der Waals surface area (Å²) in [7, 11) is 0. The molecule has 1 fully saturated rings. The summed E-state index contributed by atoms with van der Waals surface area (Å²) in [5.41, 5.74) is 5.72. The average molecular weight is 223 g/mol. The normalized spacial score (nSPS) is 15.0. The zero-order valence-electron chi connectivity index (χ0n) is 8.53. The van der Waals surface area contributed by atoms with Crippen LogP contribution in [0.4, 0.5) is 0 Å². The van der Waals surface area contributed by atoms with Gasteiger partial charge in [0.25, 0.3) is 0 Å². The van der Waals surface area contributed by atoms with Crippen LogP contribution in [0.25, 0.3) is 0 Å². The van der Waals surface area contributed by atoms with Crippen LogP contribution in [-0.4, -0.2) is 18.3 Å². The first-order valence-corrected chi connectivity index (χ1v) is 6.07. The fraction of sp³-hybridized carbons (Fsp3) is 0.364. The molecule has 0 unspecified atom stereocenters. The molecule has 4 heteroatoms. The minimum Gasteiger partial charge on any atom is -0.489 e. The molecule has 0 heterocycles. The molecule has 3 nitrogen and oxygen atoms in total. The number of rotatable bonds is 4. The zero-order chi connectivity index (χ0) is 10.8. The smallest absolute Gasteiger partial charge is 0.248 e. The molecule has 0 atom stereocenters. The van der Waals surface area contributed by atoms with E-state index in [1.807, 2.05) is 12.3 Å². The van der Waals surface area contributed by atoms with Crippen molar-refractivity contribution in [1.29, 1.82) is 0 Å². The summed E-state index contributed by atoms with van der Waals surface area (Å²) in [4.78, 5) is 12.1. The SMILES string of the molecule is CSc1ccc(C(N)=O)cc1OC1CC1. The first-order valence-electron chi connectivity index (χ1n) is 4.85. The Bertz CT molecular complexity index is 388. The molecular weight excluding hydrogens is 210 g/mol. The quantitative estimate of drug-likeness (QED) is 0.795. The fourth-order valence-electron chi connectivity index (χ4n) is 1.29. The van der Waals surface area contributed by atoms with E-state index in [1.165, 1.54) is 0 Å². The van der Waals surface area contributed by atoms with Crippen molar-refractivity contribution in [2.45, 2.75) is 23.8 Å². The molecule has 1 aromatic carbocycles. The third-order valence-electron chi connectivity index (χ3n) is 2.27. The Labute approximate surface area is 93.0 Å². The van der Waals surface area contributed by atoms with Gasteiger partial charge in [-0.2, -0.15) is 0 Å². The molecule has 1 aliphatic carbocycles. The summed E-state index contributed by atoms with van der Waals surface area (Å²) in [6.45, 7) is 0. The lowest BCUT2D eigenvalue weighted by atomic mass is 10.2. The van der Waals surface area contributed by atoms with Gasteiger partial charge >= 0.3 is 0 Å². The van der Waals surface area contributed by atoms with Crippen molar-refractivity contribution in [1.82, 2.24) is 0 Å². The van der Waals surface area contributed by atoms with Crippen molar-refractivity contribution < 1.29 is 9.53 Å². The minimum absolute atomic E-state index is 0.332. The molecule has 1 amide bonds. The molecule has 1 saturated carbocycles. The van der Waals surface area contributed by atoms with Crippen molar-refractivity contribution in [2.24, 2.45) is 5.73 Å². The second-order valence-corrected chi connectivity index (χ2v) is 4.40. The highest BCUT2D eigenvalue weighted by Crippen LogP contribution is 2.34. The van der Waals surface area contributed by atoms with E-state index in [9.17, 15) is 4.79 Å². The van der Waals surface area contributed by atoms with E-state index in [-0.39, 0.29) is 0 Å². The van der Waals surface area contributed by atoms with Gasteiger partial charge in [0.1, 0.15) is 5.75 Å². The van der Waals surface area contributed by atoms with Gasteiger partial charge in [0.05, 0.1) is 6.10 Å². The van der Waals surface area contributed by atoms with Crippen molar-refractivity contribution in [3.8, 4) is 5.75 Å². The van der Waals surface area contributed by atoms with Gasteiger partial charge in [-0.25, -0.2) is 0 Å². The first kappa shape index (κ1) is 10.4. The van der Waals surface area contributed by atoms with Gasteiger partial charge < -0.3 is 10.5 Å². The van der Waals surface area contributed by atoms with E-state index in [0.29, 0.717) is 11.7 Å². The molecule has 0 spiro atoms. The lowest BCUT2D eigenvalue weighted by Crippen LogP contribution is -2.11. The number of nitrogens with two attached hydrogens (primary N) is 1. The van der Waals surface area contributed by atoms with E-state index >= 15 is 0 Å². The number of carbonyl (C=O) groups excluding carboxylic acids is 1. The Balaban J connectivity index is 2.28. The molecule has 0 aliphatic heterocycles. The molecule has 80 valence electrons. The third kappa shape index (κ3) is 2.45. The van der Waals surface area contributed by atoms with Crippen LogP contribution in [0, 0.1) is 0 Å². The Morgan fingerprint density at radius 1 is 1.53 bits per heavy atom. The fourth-order valence-corrected chi connectivity index (χ4v) is 1.80. The largest absolute Gasteiger partial charge is 0.489 e. The second kappa shape index (κ2) is 4.14. The Hall–Kier alpha value is -1.16. The van der Waals surface area contributed by atoms with E-state index in [2.05, 4.69) is 0 Å². The minimum atomic E-state index is -0.414. The van der Waals surface area contributed by atoms with Crippen molar-refractivity contribution in [2.75, 3.05) is 6.26 Å². The van der Waals surface area contributed by atoms with Crippen LogP contribution < -0.4 is 10.5 Å². The number of carbonyl (C=O) groups is 1. The molecule has 1 aromatic rings. The van der Waals surface area contributed by atoms with Crippen LogP contribution in [0.15, 0.2) is 23.1 Å². The van der Waals surface area contributed by atoms with Gasteiger partial charge in [0.15, 0.2) is 0 Å². The Morgan fingerprint density at radius 3 is 2.80 bits per heavy atom. The number of hydrogen-bond donors (Lipinski definition) is 1. The van der Waals surface area contributed by atoms with Crippen LogP contribution in [0.2, 0.25) is 0 Å². The standard InChI is InChI=1S/C11H13NO2S/c1-15-10-5-2-7(11(12)13)6-9(10)14-8-3-4-8/h2,5-6,8H,3-4H2,1H3,(H2,12,13). The lowest BCUT2D eigenvalue weighted by Gasteiger charge is -2.09. The van der Waals surface area contributed by atoms with Gasteiger partial charge in [0.2, 0.25) is 5.91 Å². The summed E-state index contributed by atoms with van der Waals surface area (Å²) in [6, 6.07) is 5.34. The highest BCUT2D eigenvalue weighted by Gasteiger charge is 2.24. The predicted octanol–water partition coefficient (Wildman–Crippen LogP) is 2.05.